The molecule has 2 aromatic heterocycles. The van der Waals surface area contributed by atoms with Crippen LogP contribution in [0.25, 0.3) is 11.5 Å². The summed E-state index contributed by atoms with van der Waals surface area (Å²) in [5, 5.41) is 6.40. The Morgan fingerprint density at radius 2 is 2.04 bits per heavy atom. The van der Waals surface area contributed by atoms with Crippen molar-refractivity contribution in [1.29, 1.82) is 0 Å². The van der Waals surface area contributed by atoms with Gasteiger partial charge in [0.2, 0.25) is 5.89 Å². The highest BCUT2D eigenvalue weighted by atomic mass is 19.4. The predicted octanol–water partition coefficient (Wildman–Crippen LogP) is 3.42. The van der Waals surface area contributed by atoms with Gasteiger partial charge in [-0.2, -0.15) is 18.3 Å². The molecule has 1 aromatic carbocycles. The lowest BCUT2D eigenvalue weighted by Gasteiger charge is -2.21. The molecule has 28 heavy (non-hydrogen) atoms. The molecule has 7 nitrogen and oxygen atoms in total. The molecule has 1 unspecified atom stereocenters. The van der Waals surface area contributed by atoms with Crippen molar-refractivity contribution in [2.75, 3.05) is 6.54 Å². The van der Waals surface area contributed by atoms with Gasteiger partial charge in [-0.1, -0.05) is 0 Å². The number of oxazole rings is 1. The number of aromatic amines is 2. The lowest BCUT2D eigenvalue weighted by atomic mass is 10.1. The van der Waals surface area contributed by atoms with Crippen molar-refractivity contribution in [1.82, 2.24) is 25.1 Å². The summed E-state index contributed by atoms with van der Waals surface area (Å²) in [6.45, 7) is 3.09. The van der Waals surface area contributed by atoms with E-state index in [4.69, 9.17) is 4.42 Å². The van der Waals surface area contributed by atoms with E-state index in [1.165, 1.54) is 12.1 Å². The van der Waals surface area contributed by atoms with Crippen molar-refractivity contribution >= 4 is 0 Å². The quantitative estimate of drug-likeness (QED) is 0.709. The van der Waals surface area contributed by atoms with Crippen LogP contribution >= 0.6 is 0 Å². The van der Waals surface area contributed by atoms with E-state index in [-0.39, 0.29) is 17.6 Å². The standard InChI is InChI=1S/C18H18F3N5O2/c1-10-13(9-26-8-2-3-14(26)15-23-17(27)25-24-15)22-16(28-10)11-4-6-12(7-5-11)18(19,20)21/h4-7,14H,2-3,8-9H2,1H3,(H2,23,24,25,27). The summed E-state index contributed by atoms with van der Waals surface area (Å²) in [5.41, 5.74) is 0.133. The van der Waals surface area contributed by atoms with Crippen molar-refractivity contribution in [3.63, 3.8) is 0 Å². The van der Waals surface area contributed by atoms with Crippen molar-refractivity contribution < 1.29 is 17.6 Å². The van der Waals surface area contributed by atoms with Gasteiger partial charge in [0.05, 0.1) is 17.3 Å². The fourth-order valence-corrected chi connectivity index (χ4v) is 3.46. The summed E-state index contributed by atoms with van der Waals surface area (Å²) in [6.07, 6.45) is -2.56. The molecule has 1 aliphatic rings. The largest absolute Gasteiger partial charge is 0.441 e. The molecule has 4 rings (SSSR count). The van der Waals surface area contributed by atoms with Crippen LogP contribution in [0.5, 0.6) is 0 Å². The molecule has 2 N–H and O–H groups in total. The van der Waals surface area contributed by atoms with Gasteiger partial charge in [-0.05, 0) is 50.6 Å². The molecule has 0 amide bonds. The third-order valence-electron chi connectivity index (χ3n) is 4.90. The number of alkyl halides is 3. The van der Waals surface area contributed by atoms with Gasteiger partial charge < -0.3 is 4.42 Å². The third-order valence-corrected chi connectivity index (χ3v) is 4.90. The maximum absolute atomic E-state index is 12.7. The highest BCUT2D eigenvalue weighted by Crippen LogP contribution is 2.33. The van der Waals surface area contributed by atoms with E-state index in [1.54, 1.807) is 6.92 Å². The summed E-state index contributed by atoms with van der Waals surface area (Å²) in [7, 11) is 0. The molecule has 1 aliphatic heterocycles. The van der Waals surface area contributed by atoms with E-state index in [0.29, 0.717) is 29.4 Å². The first kappa shape index (κ1) is 18.5. The van der Waals surface area contributed by atoms with Crippen LogP contribution in [0.4, 0.5) is 13.2 Å². The molecule has 148 valence electrons. The van der Waals surface area contributed by atoms with E-state index < -0.39 is 11.7 Å². The van der Waals surface area contributed by atoms with Gasteiger partial charge in [0.25, 0.3) is 0 Å². The molecule has 0 aliphatic carbocycles. The molecule has 0 saturated carbocycles. The van der Waals surface area contributed by atoms with Crippen LogP contribution < -0.4 is 5.69 Å². The Labute approximate surface area is 157 Å². The number of nitrogens with zero attached hydrogens (tertiary/aromatic N) is 3. The number of hydrogen-bond acceptors (Lipinski definition) is 5. The number of hydrogen-bond donors (Lipinski definition) is 2. The topological polar surface area (TPSA) is 90.8 Å². The molecular formula is C18H18F3N5O2. The second-order valence-corrected chi connectivity index (χ2v) is 6.79. The Morgan fingerprint density at radius 3 is 2.68 bits per heavy atom. The summed E-state index contributed by atoms with van der Waals surface area (Å²) < 4.78 is 43.8. The zero-order valence-corrected chi connectivity index (χ0v) is 15.0. The minimum atomic E-state index is -4.38. The minimum Gasteiger partial charge on any atom is -0.441 e. The van der Waals surface area contributed by atoms with Gasteiger partial charge in [-0.3, -0.25) is 9.88 Å². The average molecular weight is 393 g/mol. The zero-order valence-electron chi connectivity index (χ0n) is 15.0. The molecule has 1 atom stereocenters. The van der Waals surface area contributed by atoms with Crippen LogP contribution in [-0.4, -0.2) is 31.6 Å². The number of aryl methyl sites for hydroxylation is 1. The van der Waals surface area contributed by atoms with Crippen molar-refractivity contribution in [3.05, 3.63) is 57.6 Å². The maximum Gasteiger partial charge on any atom is 0.416 e. The molecular weight excluding hydrogens is 375 g/mol. The number of benzene rings is 1. The van der Waals surface area contributed by atoms with E-state index in [9.17, 15) is 18.0 Å². The van der Waals surface area contributed by atoms with Gasteiger partial charge in [0.1, 0.15) is 11.6 Å². The normalized spacial score (nSPS) is 18.1. The van der Waals surface area contributed by atoms with Gasteiger partial charge >= 0.3 is 11.9 Å². The van der Waals surface area contributed by atoms with Gasteiger partial charge in [0, 0.05) is 12.1 Å². The van der Waals surface area contributed by atoms with Crippen molar-refractivity contribution in [2.24, 2.45) is 0 Å². The summed E-state index contributed by atoms with van der Waals surface area (Å²) in [6, 6.07) is 4.71. The van der Waals surface area contributed by atoms with E-state index in [2.05, 4.69) is 25.1 Å². The number of nitrogens with one attached hydrogen (secondary N) is 2. The summed E-state index contributed by atoms with van der Waals surface area (Å²) in [5.74, 6) is 1.48. The molecule has 10 heteroatoms. The Hall–Kier alpha value is -2.88. The van der Waals surface area contributed by atoms with Crippen LogP contribution in [0.2, 0.25) is 0 Å². The first-order chi connectivity index (χ1) is 13.3. The lowest BCUT2D eigenvalue weighted by molar-refractivity contribution is -0.137. The molecule has 3 aromatic rings. The number of rotatable bonds is 4. The summed E-state index contributed by atoms with van der Waals surface area (Å²) >= 11 is 0. The number of H-pyrrole nitrogens is 2. The van der Waals surface area contributed by atoms with Crippen LogP contribution in [0.3, 0.4) is 0 Å². The van der Waals surface area contributed by atoms with Crippen molar-refractivity contribution in [2.45, 2.75) is 38.5 Å². The van der Waals surface area contributed by atoms with E-state index in [1.807, 2.05) is 0 Å². The number of aromatic nitrogens is 4. The zero-order chi connectivity index (χ0) is 19.9. The summed E-state index contributed by atoms with van der Waals surface area (Å²) in [4.78, 5) is 20.6. The number of halogens is 3. The van der Waals surface area contributed by atoms with Gasteiger partial charge in [0.15, 0.2) is 0 Å². The molecule has 1 fully saturated rings. The first-order valence-electron chi connectivity index (χ1n) is 8.84. The second-order valence-electron chi connectivity index (χ2n) is 6.79. The van der Waals surface area contributed by atoms with Gasteiger partial charge in [-0.25, -0.2) is 14.9 Å². The number of likely N-dealkylation sites (tertiary alicyclic amines) is 1. The SMILES string of the molecule is Cc1oc(-c2ccc(C(F)(F)F)cc2)nc1CN1CCCC1c1n[nH]c(=O)[nH]1. The Morgan fingerprint density at radius 1 is 1.29 bits per heavy atom. The Bertz CT molecular complexity index is 1020. The highest BCUT2D eigenvalue weighted by Gasteiger charge is 2.31. The minimum absolute atomic E-state index is 0.0235. The Balaban J connectivity index is 1.54. The lowest BCUT2D eigenvalue weighted by Crippen LogP contribution is -2.24. The first-order valence-corrected chi connectivity index (χ1v) is 8.84. The fourth-order valence-electron chi connectivity index (χ4n) is 3.46. The van der Waals surface area contributed by atoms with E-state index in [0.717, 1.165) is 31.5 Å². The van der Waals surface area contributed by atoms with Gasteiger partial charge in [-0.15, -0.1) is 0 Å². The fraction of sp³-hybridized carbons (Fsp3) is 0.389. The van der Waals surface area contributed by atoms with Crippen LogP contribution in [-0.2, 0) is 12.7 Å². The van der Waals surface area contributed by atoms with Crippen LogP contribution in [0.15, 0.2) is 33.5 Å². The van der Waals surface area contributed by atoms with Crippen LogP contribution in [0, 0.1) is 6.92 Å². The third kappa shape index (κ3) is 3.59. The monoisotopic (exact) mass is 393 g/mol. The molecule has 0 radical (unpaired) electrons. The average Bonchev–Trinajstić information content (AvgIpc) is 3.36. The van der Waals surface area contributed by atoms with Crippen LogP contribution in [0.1, 0.15) is 41.7 Å². The van der Waals surface area contributed by atoms with E-state index >= 15 is 0 Å². The smallest absolute Gasteiger partial charge is 0.416 e. The maximum atomic E-state index is 12.7. The molecule has 1 saturated heterocycles. The molecule has 0 bridgehead atoms. The highest BCUT2D eigenvalue weighted by molar-refractivity contribution is 5.54. The Kier molecular flexibility index (Phi) is 4.58. The predicted molar refractivity (Wildman–Crippen MR) is 93.3 cm³/mol. The molecule has 0 spiro atoms. The second kappa shape index (κ2) is 6.93. The van der Waals surface area contributed by atoms with Crippen molar-refractivity contribution in [3.8, 4) is 11.5 Å². The molecule has 3 heterocycles.